The van der Waals surface area contributed by atoms with Crippen molar-refractivity contribution in [2.24, 2.45) is 0 Å². The number of anilines is 1. The van der Waals surface area contributed by atoms with Gasteiger partial charge in [-0.15, -0.1) is 0 Å². The normalized spacial score (nSPS) is 16.5. The molecule has 10 nitrogen and oxygen atoms in total. The van der Waals surface area contributed by atoms with E-state index in [1.807, 2.05) is 73.7 Å². The molecule has 5 aromatic rings. The van der Waals surface area contributed by atoms with Crippen molar-refractivity contribution in [2.45, 2.75) is 57.8 Å². The molecule has 0 spiro atoms. The molecule has 1 saturated heterocycles. The lowest BCUT2D eigenvalue weighted by Gasteiger charge is -2.27. The minimum Gasteiger partial charge on any atom is -0.488 e. The quantitative estimate of drug-likeness (QED) is 0.0665. The lowest BCUT2D eigenvalue weighted by atomic mass is 9.94. The van der Waals surface area contributed by atoms with E-state index in [4.69, 9.17) is 37.4 Å². The van der Waals surface area contributed by atoms with Crippen LogP contribution in [0.3, 0.4) is 0 Å². The fraction of sp³-hybridized carbons (Fsp3) is 0.302. The molecule has 1 aliphatic rings. The van der Waals surface area contributed by atoms with Crippen LogP contribution in [0, 0.1) is 6.92 Å². The van der Waals surface area contributed by atoms with Gasteiger partial charge in [0.1, 0.15) is 48.3 Å². The molecule has 1 aliphatic heterocycles. The summed E-state index contributed by atoms with van der Waals surface area (Å²) in [5.74, 6) is 0.211. The Morgan fingerprint density at radius 3 is 2.43 bits per heavy atom. The summed E-state index contributed by atoms with van der Waals surface area (Å²) in [5.41, 5.74) is 6.07. The minimum atomic E-state index is -1.58. The number of carboxylic acid groups (broad SMARTS) is 1. The molecule has 294 valence electrons. The number of aliphatic carboxylic acids is 1. The molecule has 3 atom stereocenters. The number of nitrogens with one attached hydrogen (secondary N) is 3. The molecular formula is C43H45Cl2FN4O6. The molecule has 0 saturated carbocycles. The first-order valence-corrected chi connectivity index (χ1v) is 19.0. The number of aromatic nitrogens is 1. The van der Waals surface area contributed by atoms with Crippen LogP contribution in [0.25, 0.3) is 22.3 Å². The second-order valence-electron chi connectivity index (χ2n) is 13.9. The Balaban J connectivity index is 1.21. The van der Waals surface area contributed by atoms with Gasteiger partial charge in [-0.1, -0.05) is 71.7 Å². The Morgan fingerprint density at radius 2 is 1.70 bits per heavy atom. The van der Waals surface area contributed by atoms with E-state index in [2.05, 4.69) is 20.9 Å². The predicted molar refractivity (Wildman–Crippen MR) is 218 cm³/mol. The first-order chi connectivity index (χ1) is 27.0. The van der Waals surface area contributed by atoms with Crippen LogP contribution in [0.15, 0.2) is 91.3 Å². The maximum atomic E-state index is 14.3. The number of ether oxygens (including phenoxy) is 3. The van der Waals surface area contributed by atoms with Gasteiger partial charge in [0.25, 0.3) is 0 Å². The van der Waals surface area contributed by atoms with Gasteiger partial charge in [-0.2, -0.15) is 0 Å². The van der Waals surface area contributed by atoms with E-state index in [1.54, 1.807) is 31.6 Å². The van der Waals surface area contributed by atoms with Crippen LogP contribution in [-0.2, 0) is 24.6 Å². The summed E-state index contributed by atoms with van der Waals surface area (Å²) < 4.78 is 32.8. The molecular weight excluding hydrogens is 758 g/mol. The van der Waals surface area contributed by atoms with Crippen LogP contribution in [0.2, 0.25) is 10.0 Å². The molecule has 1 aromatic heterocycles. The molecule has 5 N–H and O–H groups in total. The number of carbonyl (C=O) groups is 1. The number of nitrogens with zero attached hydrogens (tertiary/aromatic N) is 1. The standard InChI is InChI=1S/C43H45Cl2FN4O6/c1-26-29(6-4-7-33(26)35-9-5-8-34(41(35)45)28-10-12-32(13-11-28)56-38-14-15-48-22-37(38)46)24-55-40-18-39(54-23-27-16-31(47-3)21-49-19-27)30(17-36(40)44)20-50-43(2,25-51)42(52)53/h4-13,16-19,21,37-38,47-48,50-51H,14-15,20,22-25H2,1-3H3,(H,52,53)/t37-,38-,43?/m1/s1. The number of halogens is 3. The Morgan fingerprint density at radius 1 is 0.964 bits per heavy atom. The van der Waals surface area contributed by atoms with Gasteiger partial charge < -0.3 is 35.1 Å². The molecule has 2 heterocycles. The lowest BCUT2D eigenvalue weighted by Crippen LogP contribution is -2.52. The fourth-order valence-corrected chi connectivity index (χ4v) is 6.96. The zero-order valence-corrected chi connectivity index (χ0v) is 32.9. The van der Waals surface area contributed by atoms with Crippen molar-refractivity contribution in [3.05, 3.63) is 124 Å². The van der Waals surface area contributed by atoms with Crippen LogP contribution < -0.4 is 30.2 Å². The molecule has 0 aliphatic carbocycles. The monoisotopic (exact) mass is 802 g/mol. The number of rotatable bonds is 16. The highest BCUT2D eigenvalue weighted by Crippen LogP contribution is 2.40. The number of aliphatic hydroxyl groups is 1. The maximum Gasteiger partial charge on any atom is 0.326 e. The van der Waals surface area contributed by atoms with Crippen molar-refractivity contribution in [1.82, 2.24) is 15.6 Å². The molecule has 1 unspecified atom stereocenters. The second kappa shape index (κ2) is 18.4. The van der Waals surface area contributed by atoms with Crippen molar-refractivity contribution in [3.8, 4) is 39.5 Å². The van der Waals surface area contributed by atoms with Gasteiger partial charge in [-0.05, 0) is 73.3 Å². The number of alkyl halides is 1. The molecule has 13 heteroatoms. The number of hydrogen-bond donors (Lipinski definition) is 5. The summed E-state index contributed by atoms with van der Waals surface area (Å²) in [5, 5.41) is 29.4. The van der Waals surface area contributed by atoms with Crippen LogP contribution in [0.5, 0.6) is 17.2 Å². The van der Waals surface area contributed by atoms with E-state index in [0.29, 0.717) is 45.8 Å². The molecule has 0 amide bonds. The van der Waals surface area contributed by atoms with Crippen molar-refractivity contribution >= 4 is 34.9 Å². The van der Waals surface area contributed by atoms with Gasteiger partial charge in [0.2, 0.25) is 0 Å². The van der Waals surface area contributed by atoms with Gasteiger partial charge in [0.15, 0.2) is 0 Å². The van der Waals surface area contributed by atoms with E-state index in [-0.39, 0.29) is 19.8 Å². The average molecular weight is 804 g/mol. The minimum absolute atomic E-state index is 0.0460. The molecule has 6 rings (SSSR count). The first kappa shape index (κ1) is 40.7. The zero-order chi connectivity index (χ0) is 39.8. The summed E-state index contributed by atoms with van der Waals surface area (Å²) in [7, 11) is 1.80. The third kappa shape index (κ3) is 9.54. The van der Waals surface area contributed by atoms with Gasteiger partial charge in [-0.3, -0.25) is 15.1 Å². The van der Waals surface area contributed by atoms with Gasteiger partial charge in [0, 0.05) is 60.9 Å². The second-order valence-corrected chi connectivity index (χ2v) is 14.7. The smallest absolute Gasteiger partial charge is 0.326 e. The van der Waals surface area contributed by atoms with Crippen LogP contribution >= 0.6 is 23.2 Å². The van der Waals surface area contributed by atoms with Crippen LogP contribution in [0.1, 0.15) is 35.6 Å². The summed E-state index contributed by atoms with van der Waals surface area (Å²) in [6.07, 6.45) is 2.48. The van der Waals surface area contributed by atoms with E-state index < -0.39 is 30.4 Å². The summed E-state index contributed by atoms with van der Waals surface area (Å²) in [4.78, 5) is 16.1. The molecule has 0 bridgehead atoms. The summed E-state index contributed by atoms with van der Waals surface area (Å²) >= 11 is 13.9. The van der Waals surface area contributed by atoms with E-state index in [1.165, 1.54) is 6.92 Å². The van der Waals surface area contributed by atoms with Crippen LogP contribution in [0.4, 0.5) is 10.1 Å². The lowest BCUT2D eigenvalue weighted by molar-refractivity contribution is -0.145. The predicted octanol–water partition coefficient (Wildman–Crippen LogP) is 8.23. The van der Waals surface area contributed by atoms with Crippen molar-refractivity contribution in [2.75, 3.05) is 32.1 Å². The molecule has 0 radical (unpaired) electrons. The highest BCUT2D eigenvalue weighted by molar-refractivity contribution is 6.36. The zero-order valence-electron chi connectivity index (χ0n) is 31.4. The van der Waals surface area contributed by atoms with E-state index in [9.17, 15) is 19.4 Å². The summed E-state index contributed by atoms with van der Waals surface area (Å²) in [6.45, 7) is 4.21. The highest BCUT2D eigenvalue weighted by atomic mass is 35.5. The highest BCUT2D eigenvalue weighted by Gasteiger charge is 2.32. The summed E-state index contributed by atoms with van der Waals surface area (Å²) in [6, 6.07) is 24.7. The molecule has 4 aromatic carbocycles. The maximum absolute atomic E-state index is 14.3. The van der Waals surface area contributed by atoms with Gasteiger partial charge >= 0.3 is 5.97 Å². The first-order valence-electron chi connectivity index (χ1n) is 18.3. The number of hydrogen-bond acceptors (Lipinski definition) is 9. The largest absolute Gasteiger partial charge is 0.488 e. The molecule has 1 fully saturated rings. The van der Waals surface area contributed by atoms with Crippen molar-refractivity contribution < 1.29 is 33.6 Å². The number of piperidine rings is 1. The molecule has 56 heavy (non-hydrogen) atoms. The van der Waals surface area contributed by atoms with Crippen LogP contribution in [-0.4, -0.2) is 65.7 Å². The van der Waals surface area contributed by atoms with Gasteiger partial charge in [-0.25, -0.2) is 4.39 Å². The van der Waals surface area contributed by atoms with E-state index >= 15 is 0 Å². The average Bonchev–Trinajstić information content (AvgIpc) is 3.21. The Labute approximate surface area is 335 Å². The van der Waals surface area contributed by atoms with Gasteiger partial charge in [0.05, 0.1) is 22.3 Å². The number of carboxylic acids is 1. The number of aliphatic hydroxyl groups excluding tert-OH is 1. The SMILES string of the molecule is CNc1cncc(COc2cc(OCc3cccc(-c4cccc(-c5ccc(O[C@@H]6CCNC[C@H]6F)cc5)c4Cl)c3C)c(Cl)cc2CNC(C)(CO)C(=O)O)c1. The van der Waals surface area contributed by atoms with Crippen molar-refractivity contribution in [1.29, 1.82) is 0 Å². The third-order valence-electron chi connectivity index (χ3n) is 9.97. The Bertz CT molecular complexity index is 2160. The Kier molecular flexibility index (Phi) is 13.4. The Hall–Kier alpha value is -4.91. The topological polar surface area (TPSA) is 134 Å². The van der Waals surface area contributed by atoms with Crippen molar-refractivity contribution in [3.63, 3.8) is 0 Å². The fourth-order valence-electron chi connectivity index (χ4n) is 6.38. The third-order valence-corrected chi connectivity index (χ3v) is 10.7. The number of benzene rings is 4. The van der Waals surface area contributed by atoms with E-state index in [0.717, 1.165) is 51.2 Å². The number of pyridine rings is 1.